The van der Waals surface area contributed by atoms with Crippen molar-refractivity contribution < 1.29 is 19.1 Å². The van der Waals surface area contributed by atoms with Crippen LogP contribution in [0, 0.1) is 5.92 Å². The Labute approximate surface area is 161 Å². The normalized spacial score (nSPS) is 23.7. The Morgan fingerprint density at radius 1 is 1.15 bits per heavy atom. The van der Waals surface area contributed by atoms with E-state index in [2.05, 4.69) is 15.4 Å². The highest BCUT2D eigenvalue weighted by Gasteiger charge is 2.34. The molecule has 0 aromatic heterocycles. The van der Waals surface area contributed by atoms with E-state index in [4.69, 9.17) is 4.74 Å². The lowest BCUT2D eigenvalue weighted by Gasteiger charge is -2.28. The zero-order valence-corrected chi connectivity index (χ0v) is 16.0. The van der Waals surface area contributed by atoms with Crippen LogP contribution in [0.4, 0.5) is 0 Å². The molecule has 1 amide bonds. The lowest BCUT2D eigenvalue weighted by molar-refractivity contribution is -0.140. The van der Waals surface area contributed by atoms with E-state index in [0.717, 1.165) is 24.2 Å². The Kier molecular flexibility index (Phi) is 7.10. The van der Waals surface area contributed by atoms with Crippen molar-refractivity contribution in [3.63, 3.8) is 0 Å². The maximum atomic E-state index is 12.2. The number of fused-ring (bicyclic) bond motifs is 2. The molecule has 2 aliphatic rings. The third-order valence-corrected chi connectivity index (χ3v) is 5.48. The molecule has 2 bridgehead atoms. The quantitative estimate of drug-likeness (QED) is 0.513. The van der Waals surface area contributed by atoms with E-state index in [0.29, 0.717) is 50.4 Å². The van der Waals surface area contributed by atoms with Crippen LogP contribution in [0.25, 0.3) is 0 Å². The van der Waals surface area contributed by atoms with Crippen LogP contribution in [-0.4, -0.2) is 37.7 Å². The number of rotatable bonds is 9. The molecule has 0 saturated carbocycles. The molecule has 1 aromatic rings. The fourth-order valence-electron chi connectivity index (χ4n) is 4.09. The zero-order chi connectivity index (χ0) is 19.1. The van der Waals surface area contributed by atoms with Gasteiger partial charge in [0.2, 0.25) is 5.91 Å². The first kappa shape index (κ1) is 19.7. The van der Waals surface area contributed by atoms with Crippen LogP contribution in [0.1, 0.15) is 50.5 Å². The number of amides is 1. The van der Waals surface area contributed by atoms with E-state index in [9.17, 15) is 9.59 Å². The Morgan fingerprint density at radius 2 is 1.85 bits per heavy atom. The van der Waals surface area contributed by atoms with Crippen molar-refractivity contribution in [2.75, 3.05) is 13.7 Å². The Balaban J connectivity index is 1.33. The van der Waals surface area contributed by atoms with Crippen LogP contribution in [0.15, 0.2) is 24.3 Å². The van der Waals surface area contributed by atoms with Crippen molar-refractivity contribution in [1.29, 1.82) is 0 Å². The van der Waals surface area contributed by atoms with Gasteiger partial charge in [-0.15, -0.1) is 0 Å². The Hall–Kier alpha value is -2.08. The number of piperidine rings is 1. The van der Waals surface area contributed by atoms with Gasteiger partial charge in [-0.2, -0.15) is 0 Å². The van der Waals surface area contributed by atoms with Crippen LogP contribution in [0.2, 0.25) is 0 Å². The summed E-state index contributed by atoms with van der Waals surface area (Å²) < 4.78 is 10.2. The topological polar surface area (TPSA) is 76.7 Å². The van der Waals surface area contributed by atoms with Gasteiger partial charge >= 0.3 is 5.97 Å². The molecule has 3 rings (SSSR count). The minimum absolute atomic E-state index is 0.143. The van der Waals surface area contributed by atoms with Crippen LogP contribution in [0.5, 0.6) is 5.75 Å². The molecule has 27 heavy (non-hydrogen) atoms. The van der Waals surface area contributed by atoms with E-state index in [-0.39, 0.29) is 11.9 Å². The maximum absolute atomic E-state index is 12.2. The molecule has 6 nitrogen and oxygen atoms in total. The van der Waals surface area contributed by atoms with E-state index in [1.807, 2.05) is 24.3 Å². The molecular formula is C21H30N2O4. The maximum Gasteiger partial charge on any atom is 0.305 e. The highest BCUT2D eigenvalue weighted by atomic mass is 16.5. The van der Waals surface area contributed by atoms with Crippen LogP contribution in [0.3, 0.4) is 0 Å². The molecule has 2 unspecified atom stereocenters. The van der Waals surface area contributed by atoms with Gasteiger partial charge in [-0.05, 0) is 55.7 Å². The van der Waals surface area contributed by atoms with Gasteiger partial charge in [-0.25, -0.2) is 0 Å². The van der Waals surface area contributed by atoms with Gasteiger partial charge in [0.25, 0.3) is 0 Å². The second-order valence-corrected chi connectivity index (χ2v) is 7.63. The molecule has 2 saturated heterocycles. The predicted octanol–water partition coefficient (Wildman–Crippen LogP) is 2.56. The van der Waals surface area contributed by atoms with Crippen molar-refractivity contribution in [3.8, 4) is 5.75 Å². The number of hydrogen-bond donors (Lipinski definition) is 2. The summed E-state index contributed by atoms with van der Waals surface area (Å²) in [5.41, 5.74) is 1.05. The molecular weight excluding hydrogens is 344 g/mol. The molecule has 0 spiro atoms. The number of methoxy groups -OCH3 is 1. The molecule has 6 heteroatoms. The number of benzene rings is 1. The van der Waals surface area contributed by atoms with E-state index < -0.39 is 0 Å². The second-order valence-electron chi connectivity index (χ2n) is 7.63. The third-order valence-electron chi connectivity index (χ3n) is 5.48. The van der Waals surface area contributed by atoms with Crippen LogP contribution >= 0.6 is 0 Å². The molecule has 2 aliphatic heterocycles. The van der Waals surface area contributed by atoms with E-state index in [1.54, 1.807) is 0 Å². The molecule has 2 atom stereocenters. The van der Waals surface area contributed by atoms with Crippen molar-refractivity contribution in [2.24, 2.45) is 5.92 Å². The summed E-state index contributed by atoms with van der Waals surface area (Å²) in [6.07, 6.45) is 6.41. The Morgan fingerprint density at radius 3 is 2.52 bits per heavy atom. The minimum Gasteiger partial charge on any atom is -0.494 e. The first-order chi connectivity index (χ1) is 13.1. The number of ether oxygens (including phenoxy) is 2. The summed E-state index contributed by atoms with van der Waals surface area (Å²) in [4.78, 5) is 23.3. The number of carbonyl (C=O) groups excluding carboxylic acids is 2. The SMILES string of the molecule is COC(=O)CCCOc1ccc(CNC(=O)CC2CC3CCC(C2)N3)cc1. The van der Waals surface area contributed by atoms with Crippen LogP contribution in [-0.2, 0) is 20.9 Å². The Bertz CT molecular complexity index is 620. The van der Waals surface area contributed by atoms with Gasteiger partial charge in [-0.3, -0.25) is 9.59 Å². The summed E-state index contributed by atoms with van der Waals surface area (Å²) in [5, 5.41) is 6.65. The second kappa shape index (κ2) is 9.74. The summed E-state index contributed by atoms with van der Waals surface area (Å²) >= 11 is 0. The van der Waals surface area contributed by atoms with E-state index in [1.165, 1.54) is 20.0 Å². The van der Waals surface area contributed by atoms with Gasteiger partial charge in [0.1, 0.15) is 5.75 Å². The highest BCUT2D eigenvalue weighted by molar-refractivity contribution is 5.76. The van der Waals surface area contributed by atoms with Gasteiger partial charge in [0, 0.05) is 31.5 Å². The van der Waals surface area contributed by atoms with Gasteiger partial charge in [-0.1, -0.05) is 12.1 Å². The number of carbonyl (C=O) groups is 2. The minimum atomic E-state index is -0.221. The van der Waals surface area contributed by atoms with Crippen molar-refractivity contribution in [3.05, 3.63) is 29.8 Å². The summed E-state index contributed by atoms with van der Waals surface area (Å²) in [7, 11) is 1.39. The first-order valence-corrected chi connectivity index (χ1v) is 9.93. The van der Waals surface area contributed by atoms with Gasteiger partial charge < -0.3 is 20.1 Å². The fourth-order valence-corrected chi connectivity index (χ4v) is 4.09. The summed E-state index contributed by atoms with van der Waals surface area (Å²) in [6.45, 7) is 1.02. The summed E-state index contributed by atoms with van der Waals surface area (Å²) in [5.74, 6) is 1.20. The molecule has 1 aromatic carbocycles. The molecule has 2 heterocycles. The predicted molar refractivity (Wildman–Crippen MR) is 102 cm³/mol. The van der Waals surface area contributed by atoms with E-state index >= 15 is 0 Å². The molecule has 2 fully saturated rings. The largest absolute Gasteiger partial charge is 0.494 e. The smallest absolute Gasteiger partial charge is 0.305 e. The number of nitrogens with one attached hydrogen (secondary N) is 2. The van der Waals surface area contributed by atoms with Crippen molar-refractivity contribution in [1.82, 2.24) is 10.6 Å². The first-order valence-electron chi connectivity index (χ1n) is 9.93. The lowest BCUT2D eigenvalue weighted by atomic mass is 9.89. The molecule has 2 N–H and O–H groups in total. The zero-order valence-electron chi connectivity index (χ0n) is 16.0. The molecule has 0 radical (unpaired) electrons. The number of hydrogen-bond acceptors (Lipinski definition) is 5. The standard InChI is InChI=1S/C21H30N2O4/c1-26-21(25)3-2-10-27-19-8-4-15(5-9-19)14-22-20(24)13-16-11-17-6-7-18(12-16)23-17/h4-5,8-9,16-18,23H,2-3,6-7,10-14H2,1H3,(H,22,24). The highest BCUT2D eigenvalue weighted by Crippen LogP contribution is 2.32. The number of esters is 1. The average Bonchev–Trinajstić information content (AvgIpc) is 3.02. The van der Waals surface area contributed by atoms with Crippen molar-refractivity contribution in [2.45, 2.75) is 63.6 Å². The monoisotopic (exact) mass is 374 g/mol. The summed E-state index contributed by atoms with van der Waals surface area (Å²) in [6, 6.07) is 8.96. The molecule has 148 valence electrons. The van der Waals surface area contributed by atoms with Crippen LogP contribution < -0.4 is 15.4 Å². The molecule has 0 aliphatic carbocycles. The third kappa shape index (κ3) is 6.24. The fraction of sp³-hybridized carbons (Fsp3) is 0.619. The average molecular weight is 374 g/mol. The van der Waals surface area contributed by atoms with Gasteiger partial charge in [0.05, 0.1) is 13.7 Å². The van der Waals surface area contributed by atoms with Crippen molar-refractivity contribution >= 4 is 11.9 Å². The van der Waals surface area contributed by atoms with Gasteiger partial charge in [0.15, 0.2) is 0 Å². The lowest BCUT2D eigenvalue weighted by Crippen LogP contribution is -2.39.